The van der Waals surface area contributed by atoms with E-state index in [1.165, 1.54) is 0 Å². The number of carbonyl (C=O) groups is 1. The number of nitrogens with zero attached hydrogens (tertiary/aromatic N) is 2. The van der Waals surface area contributed by atoms with Gasteiger partial charge in [-0.1, -0.05) is 0 Å². The van der Waals surface area contributed by atoms with Gasteiger partial charge < -0.3 is 14.8 Å². The number of carbonyl (C=O) groups excluding carboxylic acids is 1. The molecule has 1 fully saturated rings. The van der Waals surface area contributed by atoms with Crippen LogP contribution >= 0.6 is 11.6 Å². The lowest BCUT2D eigenvalue weighted by Crippen LogP contribution is -2.46. The fourth-order valence-corrected chi connectivity index (χ4v) is 2.58. The summed E-state index contributed by atoms with van der Waals surface area (Å²) in [4.78, 5) is 20.4. The fourth-order valence-electron chi connectivity index (χ4n) is 2.46. The Labute approximate surface area is 141 Å². The van der Waals surface area contributed by atoms with E-state index in [1.807, 2.05) is 13.8 Å². The van der Waals surface area contributed by atoms with Gasteiger partial charge in [-0.2, -0.15) is 0 Å². The standard InChI is InChI=1S/C16H24ClN3O3/c1-16(2,10-17)15(21)20-11-4-6-12(7-5-11)23-14-13(22-3)18-8-9-19-14/h8-9,11-12H,4-7,10H2,1-3H3,(H,20,21). The van der Waals surface area contributed by atoms with Crippen molar-refractivity contribution in [2.24, 2.45) is 5.41 Å². The molecule has 1 aromatic heterocycles. The highest BCUT2D eigenvalue weighted by molar-refractivity contribution is 6.19. The molecule has 0 aromatic carbocycles. The van der Waals surface area contributed by atoms with Gasteiger partial charge in [0.15, 0.2) is 0 Å². The maximum Gasteiger partial charge on any atom is 0.278 e. The first-order valence-corrected chi connectivity index (χ1v) is 8.38. The van der Waals surface area contributed by atoms with Gasteiger partial charge in [0.25, 0.3) is 11.8 Å². The van der Waals surface area contributed by atoms with Crippen molar-refractivity contribution in [1.29, 1.82) is 0 Å². The number of rotatable bonds is 6. The van der Waals surface area contributed by atoms with Crippen molar-refractivity contribution in [1.82, 2.24) is 15.3 Å². The van der Waals surface area contributed by atoms with Crippen molar-refractivity contribution in [2.75, 3.05) is 13.0 Å². The number of amides is 1. The third-order valence-electron chi connectivity index (χ3n) is 4.06. The van der Waals surface area contributed by atoms with Gasteiger partial charge in [0.1, 0.15) is 6.10 Å². The molecule has 1 N–H and O–H groups in total. The number of nitrogens with one attached hydrogen (secondary N) is 1. The van der Waals surface area contributed by atoms with Crippen molar-refractivity contribution in [3.63, 3.8) is 0 Å². The molecule has 0 spiro atoms. The predicted molar refractivity (Wildman–Crippen MR) is 87.9 cm³/mol. The van der Waals surface area contributed by atoms with Crippen LogP contribution in [0.3, 0.4) is 0 Å². The van der Waals surface area contributed by atoms with Crippen molar-refractivity contribution >= 4 is 17.5 Å². The summed E-state index contributed by atoms with van der Waals surface area (Å²) in [7, 11) is 1.54. The minimum Gasteiger partial charge on any atom is -0.477 e. The Kier molecular flexibility index (Phi) is 6.04. The highest BCUT2D eigenvalue weighted by Gasteiger charge is 2.30. The Morgan fingerprint density at radius 3 is 2.43 bits per heavy atom. The Bertz CT molecular complexity index is 531. The van der Waals surface area contributed by atoms with E-state index in [2.05, 4.69) is 15.3 Å². The quantitative estimate of drug-likeness (QED) is 0.805. The molecule has 1 aliphatic carbocycles. The third-order valence-corrected chi connectivity index (χ3v) is 4.73. The van der Waals surface area contributed by atoms with Crippen LogP contribution in [0.1, 0.15) is 39.5 Å². The zero-order valence-corrected chi connectivity index (χ0v) is 14.6. The first kappa shape index (κ1) is 17.8. The molecule has 6 nitrogen and oxygen atoms in total. The number of hydrogen-bond donors (Lipinski definition) is 1. The minimum absolute atomic E-state index is 0.00691. The van der Waals surface area contributed by atoms with Crippen LogP contribution in [0, 0.1) is 5.41 Å². The van der Waals surface area contributed by atoms with Gasteiger partial charge in [-0.05, 0) is 39.5 Å². The summed E-state index contributed by atoms with van der Waals surface area (Å²) >= 11 is 5.84. The summed E-state index contributed by atoms with van der Waals surface area (Å²) in [6.45, 7) is 3.70. The lowest BCUT2D eigenvalue weighted by molar-refractivity contribution is -0.129. The molecular weight excluding hydrogens is 318 g/mol. The van der Waals surface area contributed by atoms with Gasteiger partial charge in [0, 0.05) is 24.3 Å². The molecule has 1 amide bonds. The maximum absolute atomic E-state index is 12.2. The number of methoxy groups -OCH3 is 1. The molecule has 2 rings (SSSR count). The predicted octanol–water partition coefficient (Wildman–Crippen LogP) is 2.56. The van der Waals surface area contributed by atoms with Gasteiger partial charge in [0.2, 0.25) is 5.91 Å². The van der Waals surface area contributed by atoms with Crippen LogP contribution in [0.5, 0.6) is 11.8 Å². The molecule has 128 valence electrons. The number of halogens is 1. The molecule has 1 aliphatic rings. The lowest BCUT2D eigenvalue weighted by atomic mass is 9.90. The monoisotopic (exact) mass is 341 g/mol. The van der Waals surface area contributed by atoms with Crippen LogP contribution in [0.25, 0.3) is 0 Å². The Hall–Kier alpha value is -1.56. The SMILES string of the molecule is COc1nccnc1OC1CCC(NC(=O)C(C)(C)CCl)CC1. The van der Waals surface area contributed by atoms with Crippen LogP contribution in [-0.2, 0) is 4.79 Å². The van der Waals surface area contributed by atoms with Crippen molar-refractivity contribution in [2.45, 2.75) is 51.7 Å². The lowest BCUT2D eigenvalue weighted by Gasteiger charge is -2.31. The van der Waals surface area contributed by atoms with E-state index in [9.17, 15) is 4.79 Å². The summed E-state index contributed by atoms with van der Waals surface area (Å²) in [5.41, 5.74) is -0.540. The Balaban J connectivity index is 1.83. The first-order chi connectivity index (χ1) is 11.0. The zero-order valence-electron chi connectivity index (χ0n) is 13.8. The van der Waals surface area contributed by atoms with Crippen LogP contribution in [0.4, 0.5) is 0 Å². The number of hydrogen-bond acceptors (Lipinski definition) is 5. The van der Waals surface area contributed by atoms with E-state index in [1.54, 1.807) is 19.5 Å². The second kappa shape index (κ2) is 7.81. The summed E-state index contributed by atoms with van der Waals surface area (Å²) < 4.78 is 11.0. The molecule has 0 bridgehead atoms. The van der Waals surface area contributed by atoms with Gasteiger partial charge in [-0.15, -0.1) is 11.6 Å². The summed E-state index contributed by atoms with van der Waals surface area (Å²) in [6, 6.07) is 0.175. The number of aromatic nitrogens is 2. The van der Waals surface area contributed by atoms with Gasteiger partial charge in [0.05, 0.1) is 12.5 Å². The van der Waals surface area contributed by atoms with Crippen LogP contribution in [0.15, 0.2) is 12.4 Å². The number of alkyl halides is 1. The van der Waals surface area contributed by atoms with E-state index in [0.717, 1.165) is 25.7 Å². The van der Waals surface area contributed by atoms with E-state index in [4.69, 9.17) is 21.1 Å². The average molecular weight is 342 g/mol. The molecule has 0 radical (unpaired) electrons. The van der Waals surface area contributed by atoms with E-state index >= 15 is 0 Å². The molecule has 0 saturated heterocycles. The largest absolute Gasteiger partial charge is 0.477 e. The minimum atomic E-state index is -0.540. The average Bonchev–Trinajstić information content (AvgIpc) is 2.57. The van der Waals surface area contributed by atoms with Crippen LogP contribution in [0.2, 0.25) is 0 Å². The van der Waals surface area contributed by atoms with Crippen molar-refractivity contribution in [3.8, 4) is 11.8 Å². The maximum atomic E-state index is 12.2. The molecule has 1 saturated carbocycles. The molecule has 7 heteroatoms. The van der Waals surface area contributed by atoms with Gasteiger partial charge in [-0.3, -0.25) is 4.79 Å². The zero-order chi connectivity index (χ0) is 16.9. The van der Waals surface area contributed by atoms with Crippen molar-refractivity contribution < 1.29 is 14.3 Å². The Morgan fingerprint density at radius 2 is 1.87 bits per heavy atom. The molecule has 1 aromatic rings. The summed E-state index contributed by atoms with van der Waals surface area (Å²) in [5.74, 6) is 1.13. The second-order valence-electron chi connectivity index (χ2n) is 6.45. The number of ether oxygens (including phenoxy) is 2. The van der Waals surface area contributed by atoms with Gasteiger partial charge >= 0.3 is 0 Å². The van der Waals surface area contributed by atoms with Crippen LogP contribution < -0.4 is 14.8 Å². The third kappa shape index (κ3) is 4.70. The second-order valence-corrected chi connectivity index (χ2v) is 6.72. The highest BCUT2D eigenvalue weighted by Crippen LogP contribution is 2.27. The summed E-state index contributed by atoms with van der Waals surface area (Å²) in [6.07, 6.45) is 6.66. The first-order valence-electron chi connectivity index (χ1n) is 7.85. The van der Waals surface area contributed by atoms with E-state index < -0.39 is 5.41 Å². The topological polar surface area (TPSA) is 73.3 Å². The smallest absolute Gasteiger partial charge is 0.278 e. The highest BCUT2D eigenvalue weighted by atomic mass is 35.5. The van der Waals surface area contributed by atoms with Crippen LogP contribution in [-0.4, -0.2) is 41.0 Å². The fraction of sp³-hybridized carbons (Fsp3) is 0.688. The Morgan fingerprint density at radius 1 is 1.26 bits per heavy atom. The molecule has 0 atom stereocenters. The molecule has 23 heavy (non-hydrogen) atoms. The van der Waals surface area contributed by atoms with Crippen molar-refractivity contribution in [3.05, 3.63) is 12.4 Å². The molecule has 0 unspecified atom stereocenters. The van der Waals surface area contributed by atoms with E-state index in [-0.39, 0.29) is 18.1 Å². The summed E-state index contributed by atoms with van der Waals surface area (Å²) in [5, 5.41) is 3.09. The molecule has 0 aliphatic heterocycles. The van der Waals surface area contributed by atoms with Gasteiger partial charge in [-0.25, -0.2) is 9.97 Å². The van der Waals surface area contributed by atoms with E-state index in [0.29, 0.717) is 17.6 Å². The molecule has 1 heterocycles. The normalized spacial score (nSPS) is 21.6. The molecular formula is C16H24ClN3O3.